The number of halogens is 3. The maximum absolute atomic E-state index is 11.5. The molecule has 0 saturated carbocycles. The summed E-state index contributed by atoms with van der Waals surface area (Å²) in [6, 6.07) is 8.30. The molecule has 2 rings (SSSR count). The number of ether oxygens (including phenoxy) is 1. The first-order valence-corrected chi connectivity index (χ1v) is 7.65. The van der Waals surface area contributed by atoms with Crippen molar-refractivity contribution in [1.29, 1.82) is 0 Å². The van der Waals surface area contributed by atoms with E-state index >= 15 is 0 Å². The van der Waals surface area contributed by atoms with Crippen LogP contribution in [0.15, 0.2) is 35.4 Å². The Morgan fingerprint density at radius 2 is 2.10 bits per heavy atom. The molecule has 0 radical (unpaired) electrons. The monoisotopic (exact) mass is 362 g/mol. The lowest BCUT2D eigenvalue weighted by Gasteiger charge is -2.06. The molecule has 8 heteroatoms. The van der Waals surface area contributed by atoms with Gasteiger partial charge in [-0.2, -0.15) is 5.10 Å². The Morgan fingerprint density at radius 1 is 1.29 bits per heavy atom. The van der Waals surface area contributed by atoms with Gasteiger partial charge < -0.3 is 4.74 Å². The molecular formula is C13H9Cl3N2O2S. The Morgan fingerprint density at radius 3 is 2.76 bits per heavy atom. The molecule has 0 saturated heterocycles. The van der Waals surface area contributed by atoms with Crippen LogP contribution in [0, 0.1) is 0 Å². The van der Waals surface area contributed by atoms with E-state index in [0.717, 1.165) is 4.88 Å². The minimum atomic E-state index is -0.403. The lowest BCUT2D eigenvalue weighted by Crippen LogP contribution is -2.24. The Labute approximate surface area is 140 Å². The average Bonchev–Trinajstić information content (AvgIpc) is 2.83. The molecule has 1 N–H and O–H groups in total. The third-order valence-corrected chi connectivity index (χ3v) is 3.92. The molecule has 110 valence electrons. The van der Waals surface area contributed by atoms with Crippen molar-refractivity contribution < 1.29 is 9.53 Å². The highest BCUT2D eigenvalue weighted by atomic mass is 35.5. The summed E-state index contributed by atoms with van der Waals surface area (Å²) in [6.45, 7) is -0.204. The van der Waals surface area contributed by atoms with E-state index in [1.54, 1.807) is 24.3 Å². The molecule has 0 aliphatic heterocycles. The maximum atomic E-state index is 11.5. The highest BCUT2D eigenvalue weighted by Crippen LogP contribution is 2.27. The minimum Gasteiger partial charge on any atom is -0.482 e. The van der Waals surface area contributed by atoms with E-state index in [9.17, 15) is 4.79 Å². The number of nitrogens with zero attached hydrogens (tertiary/aromatic N) is 1. The molecule has 0 fully saturated rings. The molecule has 1 aromatic carbocycles. The van der Waals surface area contributed by atoms with Gasteiger partial charge in [0.25, 0.3) is 5.91 Å². The third-order valence-electron chi connectivity index (χ3n) is 2.23. The van der Waals surface area contributed by atoms with Gasteiger partial charge in [-0.25, -0.2) is 5.43 Å². The summed E-state index contributed by atoms with van der Waals surface area (Å²) in [7, 11) is 0. The van der Waals surface area contributed by atoms with E-state index in [2.05, 4.69) is 10.5 Å². The second-order valence-electron chi connectivity index (χ2n) is 3.80. The zero-order valence-electron chi connectivity index (χ0n) is 10.5. The van der Waals surface area contributed by atoms with Crippen LogP contribution in [0.1, 0.15) is 4.88 Å². The number of thiophene rings is 1. The van der Waals surface area contributed by atoms with Crippen molar-refractivity contribution in [2.45, 2.75) is 0 Å². The van der Waals surface area contributed by atoms with Gasteiger partial charge in [-0.05, 0) is 30.3 Å². The average molecular weight is 364 g/mol. The summed E-state index contributed by atoms with van der Waals surface area (Å²) < 4.78 is 5.92. The zero-order chi connectivity index (χ0) is 15.2. The number of benzene rings is 1. The number of hydrogen-bond donors (Lipinski definition) is 1. The third kappa shape index (κ3) is 5.21. The summed E-state index contributed by atoms with van der Waals surface area (Å²) in [4.78, 5) is 12.4. The van der Waals surface area contributed by atoms with Crippen molar-refractivity contribution in [2.75, 3.05) is 6.61 Å². The van der Waals surface area contributed by atoms with Crippen molar-refractivity contribution >= 4 is 58.3 Å². The normalized spacial score (nSPS) is 10.8. The molecule has 4 nitrogen and oxygen atoms in total. The second kappa shape index (κ2) is 7.66. The molecule has 1 heterocycles. The summed E-state index contributed by atoms with van der Waals surface area (Å²) in [5, 5.41) is 4.63. The standard InChI is InChI=1S/C13H9Cl3N2O2S/c14-8-1-3-11(10(15)5-8)20-7-13(19)18-17-6-9-2-4-12(16)21-9/h1-6H,7H2,(H,18,19). The van der Waals surface area contributed by atoms with E-state index in [1.807, 2.05) is 0 Å². The molecule has 0 atom stereocenters. The molecule has 0 unspecified atom stereocenters. The first-order chi connectivity index (χ1) is 10.0. The lowest BCUT2D eigenvalue weighted by molar-refractivity contribution is -0.123. The number of rotatable bonds is 5. The first-order valence-electron chi connectivity index (χ1n) is 5.69. The Balaban J connectivity index is 1.81. The molecule has 0 aliphatic carbocycles. The van der Waals surface area contributed by atoms with E-state index < -0.39 is 5.91 Å². The molecular weight excluding hydrogens is 355 g/mol. The van der Waals surface area contributed by atoms with Crippen LogP contribution in [0.25, 0.3) is 0 Å². The van der Waals surface area contributed by atoms with Crippen LogP contribution < -0.4 is 10.2 Å². The summed E-state index contributed by atoms with van der Waals surface area (Å²) in [5.74, 6) is -0.0230. The van der Waals surface area contributed by atoms with Gasteiger partial charge >= 0.3 is 0 Å². The summed E-state index contributed by atoms with van der Waals surface area (Å²) in [6.07, 6.45) is 1.50. The molecule has 0 aliphatic rings. The van der Waals surface area contributed by atoms with Crippen molar-refractivity contribution in [3.8, 4) is 5.75 Å². The summed E-state index contributed by atoms with van der Waals surface area (Å²) >= 11 is 18.8. The van der Waals surface area contributed by atoms with Crippen LogP contribution in [0.5, 0.6) is 5.75 Å². The van der Waals surface area contributed by atoms with Gasteiger partial charge in [0, 0.05) is 9.90 Å². The van der Waals surface area contributed by atoms with Gasteiger partial charge in [-0.1, -0.05) is 34.8 Å². The van der Waals surface area contributed by atoms with E-state index in [4.69, 9.17) is 39.5 Å². The quantitative estimate of drug-likeness (QED) is 0.638. The zero-order valence-corrected chi connectivity index (χ0v) is 13.6. The maximum Gasteiger partial charge on any atom is 0.277 e. The number of nitrogens with one attached hydrogen (secondary N) is 1. The molecule has 0 bridgehead atoms. The minimum absolute atomic E-state index is 0.204. The van der Waals surface area contributed by atoms with Gasteiger partial charge in [0.2, 0.25) is 0 Å². The molecule has 1 aromatic heterocycles. The largest absolute Gasteiger partial charge is 0.482 e. The number of amides is 1. The van der Waals surface area contributed by atoms with Gasteiger partial charge in [0.1, 0.15) is 5.75 Å². The van der Waals surface area contributed by atoms with Crippen LogP contribution in [0.2, 0.25) is 14.4 Å². The number of hydrogen-bond acceptors (Lipinski definition) is 4. The van der Waals surface area contributed by atoms with Crippen molar-refractivity contribution in [1.82, 2.24) is 5.43 Å². The fourth-order valence-electron chi connectivity index (χ4n) is 1.33. The predicted molar refractivity (Wildman–Crippen MR) is 87.0 cm³/mol. The first kappa shape index (κ1) is 16.1. The molecule has 0 spiro atoms. The molecule has 2 aromatic rings. The second-order valence-corrected chi connectivity index (χ2v) is 6.39. The van der Waals surface area contributed by atoms with Crippen LogP contribution in [0.4, 0.5) is 0 Å². The van der Waals surface area contributed by atoms with Crippen molar-refractivity contribution in [3.05, 3.63) is 49.6 Å². The topological polar surface area (TPSA) is 50.7 Å². The van der Waals surface area contributed by atoms with Crippen molar-refractivity contribution in [3.63, 3.8) is 0 Å². The smallest absolute Gasteiger partial charge is 0.277 e. The highest BCUT2D eigenvalue weighted by Gasteiger charge is 2.05. The van der Waals surface area contributed by atoms with Gasteiger partial charge in [-0.15, -0.1) is 11.3 Å². The fourth-order valence-corrected chi connectivity index (χ4v) is 2.73. The van der Waals surface area contributed by atoms with E-state index in [-0.39, 0.29) is 6.61 Å². The predicted octanol–water partition coefficient (Wildman–Crippen LogP) is 4.24. The Hall–Kier alpha value is -1.27. The molecule has 1 amide bonds. The number of carbonyl (C=O) groups is 1. The van der Waals surface area contributed by atoms with Crippen LogP contribution in [0.3, 0.4) is 0 Å². The van der Waals surface area contributed by atoms with Gasteiger partial charge in [-0.3, -0.25) is 4.79 Å². The summed E-state index contributed by atoms with van der Waals surface area (Å²) in [5.41, 5.74) is 2.34. The fraction of sp³-hybridized carbons (Fsp3) is 0.0769. The number of hydrazone groups is 1. The molecule has 21 heavy (non-hydrogen) atoms. The number of carbonyl (C=O) groups excluding carboxylic acids is 1. The van der Waals surface area contributed by atoms with Crippen molar-refractivity contribution in [2.24, 2.45) is 5.10 Å². The lowest BCUT2D eigenvalue weighted by atomic mass is 10.3. The SMILES string of the molecule is O=C(COc1ccc(Cl)cc1Cl)NN=Cc1ccc(Cl)s1. The van der Waals surface area contributed by atoms with E-state index in [1.165, 1.54) is 23.6 Å². The van der Waals surface area contributed by atoms with Crippen LogP contribution in [-0.4, -0.2) is 18.7 Å². The van der Waals surface area contributed by atoms with Gasteiger partial charge in [0.05, 0.1) is 15.6 Å². The van der Waals surface area contributed by atoms with Crippen LogP contribution in [-0.2, 0) is 4.79 Å². The Bertz CT molecular complexity index is 673. The van der Waals surface area contributed by atoms with Gasteiger partial charge in [0.15, 0.2) is 6.61 Å². The van der Waals surface area contributed by atoms with E-state index in [0.29, 0.717) is 20.1 Å². The Kier molecular flexibility index (Phi) is 5.87. The highest BCUT2D eigenvalue weighted by molar-refractivity contribution is 7.17. The van der Waals surface area contributed by atoms with Crippen LogP contribution >= 0.6 is 46.1 Å².